The molecule has 9 nitrogen and oxygen atoms in total. The van der Waals surface area contributed by atoms with Crippen LogP contribution >= 0.6 is 11.3 Å². The van der Waals surface area contributed by atoms with Crippen LogP contribution in [0.5, 0.6) is 0 Å². The number of nitrogens with zero attached hydrogens (tertiary/aromatic N) is 4. The summed E-state index contributed by atoms with van der Waals surface area (Å²) in [6.07, 6.45) is 0.509. The van der Waals surface area contributed by atoms with Crippen molar-refractivity contribution in [3.05, 3.63) is 74.5 Å². The van der Waals surface area contributed by atoms with Crippen LogP contribution < -0.4 is 10.9 Å². The number of halogens is 1. The van der Waals surface area contributed by atoms with Crippen molar-refractivity contribution >= 4 is 27.5 Å². The molecule has 0 bridgehead atoms. The molecule has 1 atom stereocenters. The molecule has 31 heavy (non-hydrogen) atoms. The topological polar surface area (TPSA) is 123 Å². The molecular weight excluding hydrogens is 425 g/mol. The molecule has 2 N–H and O–H groups in total. The molecule has 3 aromatic heterocycles. The number of aliphatic hydroxyl groups excluding tert-OH is 1. The summed E-state index contributed by atoms with van der Waals surface area (Å²) in [5.74, 6) is -0.240. The van der Waals surface area contributed by atoms with Crippen molar-refractivity contribution in [3.63, 3.8) is 0 Å². The molecule has 1 amide bonds. The Morgan fingerprint density at radius 3 is 2.81 bits per heavy atom. The van der Waals surface area contributed by atoms with E-state index >= 15 is 0 Å². The zero-order valence-electron chi connectivity index (χ0n) is 16.6. The largest absolute Gasteiger partial charge is 0.388 e. The van der Waals surface area contributed by atoms with Crippen LogP contribution in [0.15, 0.2) is 39.9 Å². The maximum atomic E-state index is 13.0. The molecule has 3 heterocycles. The Kier molecular flexibility index (Phi) is 5.61. The molecule has 1 aromatic carbocycles. The highest BCUT2D eigenvalue weighted by molar-refractivity contribution is 7.20. The molecule has 160 valence electrons. The van der Waals surface area contributed by atoms with Gasteiger partial charge in [-0.25, -0.2) is 9.37 Å². The third-order valence-electron chi connectivity index (χ3n) is 4.80. The van der Waals surface area contributed by atoms with Crippen molar-refractivity contribution < 1.29 is 18.8 Å². The van der Waals surface area contributed by atoms with E-state index in [1.807, 2.05) is 0 Å². The standard InChI is InChI=1S/C20H18FN5O4S/c1-10-16-19(31-17(10)18(28)22-2)23-9-26(20(16)29)8-15-24-14(25-30-15)7-13(27)11-3-5-12(21)6-4-11/h3-6,9,13,27H,7-8H2,1-2H3,(H,22,28)/t13-/m0/s1. The lowest BCUT2D eigenvalue weighted by molar-refractivity contribution is 0.0966. The zero-order chi connectivity index (χ0) is 22.1. The quantitative estimate of drug-likeness (QED) is 0.467. The van der Waals surface area contributed by atoms with Gasteiger partial charge in [-0.1, -0.05) is 17.3 Å². The molecule has 0 saturated heterocycles. The van der Waals surface area contributed by atoms with Crippen LogP contribution in [0.3, 0.4) is 0 Å². The van der Waals surface area contributed by atoms with Gasteiger partial charge < -0.3 is 14.9 Å². The fourth-order valence-corrected chi connectivity index (χ4v) is 4.25. The first kappa shape index (κ1) is 20.8. The molecule has 4 rings (SSSR count). The molecule has 0 radical (unpaired) electrons. The molecule has 0 aliphatic heterocycles. The monoisotopic (exact) mass is 443 g/mol. The van der Waals surface area contributed by atoms with Crippen LogP contribution in [0.1, 0.15) is 38.6 Å². The van der Waals surface area contributed by atoms with Crippen molar-refractivity contribution in [1.82, 2.24) is 25.0 Å². The van der Waals surface area contributed by atoms with Crippen LogP contribution in [0.2, 0.25) is 0 Å². The average molecular weight is 443 g/mol. The Morgan fingerprint density at radius 2 is 2.10 bits per heavy atom. The van der Waals surface area contributed by atoms with E-state index in [0.717, 1.165) is 11.3 Å². The SMILES string of the molecule is CNC(=O)c1sc2ncn(Cc3nc(C[C@H](O)c4ccc(F)cc4)no3)c(=O)c2c1C. The molecule has 0 fully saturated rings. The Hall–Kier alpha value is -3.44. The zero-order valence-corrected chi connectivity index (χ0v) is 17.4. The third kappa shape index (κ3) is 4.09. The number of rotatable bonds is 6. The highest BCUT2D eigenvalue weighted by Gasteiger charge is 2.20. The van der Waals surface area contributed by atoms with Gasteiger partial charge in [0.1, 0.15) is 17.2 Å². The summed E-state index contributed by atoms with van der Waals surface area (Å²) in [6, 6.07) is 5.49. The molecule has 0 spiro atoms. The number of hydrogen-bond donors (Lipinski definition) is 2. The van der Waals surface area contributed by atoms with Crippen LogP contribution in [0, 0.1) is 12.7 Å². The third-order valence-corrected chi connectivity index (χ3v) is 6.00. The number of carbonyl (C=O) groups is 1. The van der Waals surface area contributed by atoms with Gasteiger partial charge in [-0.3, -0.25) is 14.2 Å². The van der Waals surface area contributed by atoms with E-state index in [4.69, 9.17) is 4.52 Å². The first-order valence-corrected chi connectivity index (χ1v) is 10.1. The van der Waals surface area contributed by atoms with Gasteiger partial charge in [0.25, 0.3) is 11.5 Å². The molecule has 0 unspecified atom stereocenters. The van der Waals surface area contributed by atoms with Gasteiger partial charge in [0.05, 0.1) is 22.7 Å². The fourth-order valence-electron chi connectivity index (χ4n) is 3.16. The molecule has 0 saturated carbocycles. The summed E-state index contributed by atoms with van der Waals surface area (Å²) >= 11 is 1.16. The number of aromatic nitrogens is 4. The lowest BCUT2D eigenvalue weighted by Crippen LogP contribution is -2.22. The van der Waals surface area contributed by atoms with Gasteiger partial charge >= 0.3 is 0 Å². The van der Waals surface area contributed by atoms with E-state index in [1.165, 1.54) is 42.2 Å². The Bertz CT molecular complexity index is 1310. The summed E-state index contributed by atoms with van der Waals surface area (Å²) in [6.45, 7) is 1.70. The highest BCUT2D eigenvalue weighted by atomic mass is 32.1. The second kappa shape index (κ2) is 8.36. The predicted octanol–water partition coefficient (Wildman–Crippen LogP) is 1.97. The summed E-state index contributed by atoms with van der Waals surface area (Å²) < 4.78 is 19.6. The smallest absolute Gasteiger partial charge is 0.262 e. The van der Waals surface area contributed by atoms with Crippen LogP contribution in [0.4, 0.5) is 4.39 Å². The fraction of sp³-hybridized carbons (Fsp3) is 0.250. The molecule has 11 heteroatoms. The maximum Gasteiger partial charge on any atom is 0.262 e. The number of aryl methyl sites for hydroxylation is 1. The number of aliphatic hydroxyl groups is 1. The second-order valence-electron chi connectivity index (χ2n) is 6.87. The van der Waals surface area contributed by atoms with Crippen LogP contribution in [0.25, 0.3) is 10.2 Å². The lowest BCUT2D eigenvalue weighted by atomic mass is 10.1. The lowest BCUT2D eigenvalue weighted by Gasteiger charge is -2.07. The molecule has 0 aliphatic carbocycles. The van der Waals surface area contributed by atoms with Gasteiger partial charge in [0.2, 0.25) is 5.89 Å². The Labute approximate surface area is 179 Å². The number of benzene rings is 1. The minimum Gasteiger partial charge on any atom is -0.388 e. The Morgan fingerprint density at radius 1 is 1.35 bits per heavy atom. The van der Waals surface area contributed by atoms with Crippen molar-refractivity contribution in [2.24, 2.45) is 0 Å². The minimum absolute atomic E-state index is 0.00793. The predicted molar refractivity (Wildman–Crippen MR) is 110 cm³/mol. The van der Waals surface area contributed by atoms with Gasteiger partial charge in [0, 0.05) is 13.5 Å². The molecular formula is C20H18FN5O4S. The van der Waals surface area contributed by atoms with E-state index in [2.05, 4.69) is 20.4 Å². The molecule has 4 aromatic rings. The Balaban J connectivity index is 1.55. The van der Waals surface area contributed by atoms with Crippen LogP contribution in [-0.2, 0) is 13.0 Å². The number of carbonyl (C=O) groups excluding carboxylic acids is 1. The summed E-state index contributed by atoms with van der Waals surface area (Å²) in [7, 11) is 1.53. The van der Waals surface area contributed by atoms with E-state index < -0.39 is 11.9 Å². The average Bonchev–Trinajstić information content (AvgIpc) is 3.34. The maximum absolute atomic E-state index is 13.0. The second-order valence-corrected chi connectivity index (χ2v) is 7.87. The summed E-state index contributed by atoms with van der Waals surface area (Å²) in [5, 5.41) is 17.0. The van der Waals surface area contributed by atoms with Crippen LogP contribution in [-0.4, -0.2) is 37.8 Å². The molecule has 0 aliphatic rings. The van der Waals surface area contributed by atoms with Gasteiger partial charge in [-0.15, -0.1) is 11.3 Å². The van der Waals surface area contributed by atoms with Gasteiger partial charge in [-0.05, 0) is 30.2 Å². The van der Waals surface area contributed by atoms with E-state index in [9.17, 15) is 19.1 Å². The number of amides is 1. The van der Waals surface area contributed by atoms with Gasteiger partial charge in [-0.2, -0.15) is 4.98 Å². The summed E-state index contributed by atoms with van der Waals surface area (Å²) in [5.41, 5.74) is 0.776. The van der Waals surface area contributed by atoms with Crippen molar-refractivity contribution in [2.75, 3.05) is 7.05 Å². The minimum atomic E-state index is -0.927. The number of nitrogens with one attached hydrogen (secondary N) is 1. The van der Waals surface area contributed by atoms with E-state index in [-0.39, 0.29) is 36.1 Å². The first-order valence-electron chi connectivity index (χ1n) is 9.33. The number of hydrogen-bond acceptors (Lipinski definition) is 8. The van der Waals surface area contributed by atoms with Crippen molar-refractivity contribution in [1.29, 1.82) is 0 Å². The van der Waals surface area contributed by atoms with Gasteiger partial charge in [0.15, 0.2) is 5.82 Å². The van der Waals surface area contributed by atoms with E-state index in [1.54, 1.807) is 6.92 Å². The van der Waals surface area contributed by atoms with Crippen molar-refractivity contribution in [2.45, 2.75) is 26.0 Å². The number of thiophene rings is 1. The van der Waals surface area contributed by atoms with Crippen molar-refractivity contribution in [3.8, 4) is 0 Å². The number of fused-ring (bicyclic) bond motifs is 1. The summed E-state index contributed by atoms with van der Waals surface area (Å²) in [4.78, 5) is 34.3. The highest BCUT2D eigenvalue weighted by Crippen LogP contribution is 2.26. The normalized spacial score (nSPS) is 12.3. The first-order chi connectivity index (χ1) is 14.9. The van der Waals surface area contributed by atoms with E-state index in [0.29, 0.717) is 26.2 Å².